The highest BCUT2D eigenvalue weighted by Gasteiger charge is 2.30. The Balaban J connectivity index is 2.86. The summed E-state index contributed by atoms with van der Waals surface area (Å²) in [5.41, 5.74) is 5.39. The van der Waals surface area contributed by atoms with Crippen LogP contribution in [0.15, 0.2) is 18.2 Å². The van der Waals surface area contributed by atoms with Gasteiger partial charge >= 0.3 is 6.18 Å². The Morgan fingerprint density at radius 3 is 2.58 bits per heavy atom. The summed E-state index contributed by atoms with van der Waals surface area (Å²) in [6.07, 6.45) is -4.23. The van der Waals surface area contributed by atoms with Crippen molar-refractivity contribution in [2.45, 2.75) is 26.4 Å². The van der Waals surface area contributed by atoms with E-state index in [1.54, 1.807) is 13.8 Å². The molecule has 0 aliphatic rings. The maximum atomic E-state index is 12.6. The van der Waals surface area contributed by atoms with E-state index in [0.717, 1.165) is 12.1 Å². The normalized spacial score (nSPS) is 13.2. The van der Waals surface area contributed by atoms with Gasteiger partial charge in [0.15, 0.2) is 0 Å². The molecule has 0 spiro atoms. The maximum Gasteiger partial charge on any atom is 0.416 e. The number of hydrogen-bond donors (Lipinski definition) is 2. The number of benzene rings is 1. The highest BCUT2D eigenvalue weighted by Crippen LogP contribution is 2.32. The molecule has 3 N–H and O–H groups in total. The minimum atomic E-state index is -4.42. The van der Waals surface area contributed by atoms with Crippen LogP contribution in [0.1, 0.15) is 24.5 Å². The molecule has 1 atom stereocenters. The SMILES string of the molecule is Cc1ccc(C(F)(F)F)cc1NC(=O)CC(C)CN. The maximum absolute atomic E-state index is 12.6. The van der Waals surface area contributed by atoms with Crippen LogP contribution in [0.3, 0.4) is 0 Å². The summed E-state index contributed by atoms with van der Waals surface area (Å²) in [5.74, 6) is -0.341. The van der Waals surface area contributed by atoms with E-state index in [1.165, 1.54) is 6.07 Å². The number of halogens is 3. The fraction of sp³-hybridized carbons (Fsp3) is 0.462. The molecule has 19 heavy (non-hydrogen) atoms. The van der Waals surface area contributed by atoms with Crippen molar-refractivity contribution in [1.82, 2.24) is 0 Å². The van der Waals surface area contributed by atoms with Gasteiger partial charge in [-0.15, -0.1) is 0 Å². The number of alkyl halides is 3. The standard InChI is InChI=1S/C13H17F3N2O/c1-8(7-17)5-12(19)18-11-6-10(13(14,15)16)4-3-9(11)2/h3-4,6,8H,5,7,17H2,1-2H3,(H,18,19). The van der Waals surface area contributed by atoms with Crippen molar-refractivity contribution in [3.8, 4) is 0 Å². The van der Waals surface area contributed by atoms with Crippen LogP contribution in [0.25, 0.3) is 0 Å². The molecule has 0 saturated heterocycles. The first-order valence-corrected chi connectivity index (χ1v) is 5.91. The van der Waals surface area contributed by atoms with E-state index in [2.05, 4.69) is 5.32 Å². The van der Waals surface area contributed by atoms with Crippen molar-refractivity contribution >= 4 is 11.6 Å². The van der Waals surface area contributed by atoms with Crippen LogP contribution < -0.4 is 11.1 Å². The van der Waals surface area contributed by atoms with E-state index >= 15 is 0 Å². The van der Waals surface area contributed by atoms with Crippen LogP contribution in [-0.2, 0) is 11.0 Å². The first kappa shape index (κ1) is 15.5. The molecule has 0 saturated carbocycles. The molecule has 0 heterocycles. The van der Waals surface area contributed by atoms with Gasteiger partial charge in [-0.25, -0.2) is 0 Å². The van der Waals surface area contributed by atoms with Crippen LogP contribution in [0.2, 0.25) is 0 Å². The summed E-state index contributed by atoms with van der Waals surface area (Å²) in [6.45, 7) is 3.80. The molecular weight excluding hydrogens is 257 g/mol. The smallest absolute Gasteiger partial charge is 0.330 e. The molecule has 0 aromatic heterocycles. The molecule has 1 unspecified atom stereocenters. The summed E-state index contributed by atoms with van der Waals surface area (Å²) < 4.78 is 37.7. The molecule has 0 fully saturated rings. The Morgan fingerprint density at radius 1 is 1.42 bits per heavy atom. The molecule has 0 aliphatic carbocycles. The van der Waals surface area contributed by atoms with Gasteiger partial charge in [0, 0.05) is 12.1 Å². The first-order chi connectivity index (χ1) is 8.74. The average molecular weight is 274 g/mol. The zero-order chi connectivity index (χ0) is 14.6. The number of carbonyl (C=O) groups excluding carboxylic acids is 1. The van der Waals surface area contributed by atoms with E-state index in [4.69, 9.17) is 5.73 Å². The lowest BCUT2D eigenvalue weighted by atomic mass is 10.1. The Morgan fingerprint density at radius 2 is 2.05 bits per heavy atom. The van der Waals surface area contributed by atoms with Gasteiger partial charge in [0.05, 0.1) is 5.56 Å². The number of nitrogens with one attached hydrogen (secondary N) is 1. The minimum Gasteiger partial charge on any atom is -0.330 e. The Hall–Kier alpha value is -1.56. The van der Waals surface area contributed by atoms with Gasteiger partial charge in [0.25, 0.3) is 0 Å². The molecule has 1 aromatic carbocycles. The van der Waals surface area contributed by atoms with E-state index in [1.807, 2.05) is 0 Å². The summed E-state index contributed by atoms with van der Waals surface area (Å²) >= 11 is 0. The molecule has 106 valence electrons. The molecule has 0 aliphatic heterocycles. The van der Waals surface area contributed by atoms with Gasteiger partial charge in [0.2, 0.25) is 5.91 Å². The van der Waals surface area contributed by atoms with Crippen LogP contribution in [0.4, 0.5) is 18.9 Å². The molecular formula is C13H17F3N2O. The fourth-order valence-corrected chi connectivity index (χ4v) is 1.53. The number of anilines is 1. The van der Waals surface area contributed by atoms with Gasteiger partial charge in [-0.05, 0) is 37.1 Å². The Kier molecular flexibility index (Phi) is 4.94. The van der Waals surface area contributed by atoms with Crippen molar-refractivity contribution in [3.63, 3.8) is 0 Å². The van der Waals surface area contributed by atoms with Gasteiger partial charge in [-0.3, -0.25) is 4.79 Å². The molecule has 0 radical (unpaired) electrons. The second-order valence-corrected chi connectivity index (χ2v) is 4.62. The zero-order valence-corrected chi connectivity index (χ0v) is 10.8. The van der Waals surface area contributed by atoms with Crippen molar-refractivity contribution < 1.29 is 18.0 Å². The average Bonchev–Trinajstić information content (AvgIpc) is 2.30. The zero-order valence-electron chi connectivity index (χ0n) is 10.8. The molecule has 1 aromatic rings. The number of carbonyl (C=O) groups is 1. The Bertz CT molecular complexity index is 458. The van der Waals surface area contributed by atoms with Crippen LogP contribution in [0, 0.1) is 12.8 Å². The molecule has 1 rings (SSSR count). The first-order valence-electron chi connectivity index (χ1n) is 5.91. The molecule has 6 heteroatoms. The largest absolute Gasteiger partial charge is 0.416 e. The van der Waals surface area contributed by atoms with E-state index < -0.39 is 11.7 Å². The predicted octanol–water partition coefficient (Wildman–Crippen LogP) is 2.94. The highest BCUT2D eigenvalue weighted by atomic mass is 19.4. The van der Waals surface area contributed by atoms with E-state index in [-0.39, 0.29) is 23.9 Å². The topological polar surface area (TPSA) is 55.1 Å². The molecule has 3 nitrogen and oxygen atoms in total. The number of aryl methyl sites for hydroxylation is 1. The van der Waals surface area contributed by atoms with Gasteiger partial charge < -0.3 is 11.1 Å². The van der Waals surface area contributed by atoms with Gasteiger partial charge in [0.1, 0.15) is 0 Å². The van der Waals surface area contributed by atoms with Crippen molar-refractivity contribution in [3.05, 3.63) is 29.3 Å². The van der Waals surface area contributed by atoms with E-state index in [0.29, 0.717) is 12.1 Å². The lowest BCUT2D eigenvalue weighted by molar-refractivity contribution is -0.137. The third-order valence-electron chi connectivity index (χ3n) is 2.78. The lowest BCUT2D eigenvalue weighted by Crippen LogP contribution is -2.20. The monoisotopic (exact) mass is 274 g/mol. The second kappa shape index (κ2) is 6.06. The molecule has 0 bridgehead atoms. The Labute approximate surface area is 110 Å². The van der Waals surface area contributed by atoms with Crippen molar-refractivity contribution in [2.75, 3.05) is 11.9 Å². The van der Waals surface area contributed by atoms with Crippen molar-refractivity contribution in [1.29, 1.82) is 0 Å². The fourth-order valence-electron chi connectivity index (χ4n) is 1.53. The summed E-state index contributed by atoms with van der Waals surface area (Å²) in [4.78, 5) is 11.6. The number of hydrogen-bond acceptors (Lipinski definition) is 2. The third-order valence-corrected chi connectivity index (χ3v) is 2.78. The lowest BCUT2D eigenvalue weighted by Gasteiger charge is -2.14. The van der Waals surface area contributed by atoms with E-state index in [9.17, 15) is 18.0 Å². The predicted molar refractivity (Wildman–Crippen MR) is 67.6 cm³/mol. The number of nitrogens with two attached hydrogens (primary N) is 1. The number of amides is 1. The van der Waals surface area contributed by atoms with Crippen molar-refractivity contribution in [2.24, 2.45) is 11.7 Å². The van der Waals surface area contributed by atoms with Crippen LogP contribution in [0.5, 0.6) is 0 Å². The second-order valence-electron chi connectivity index (χ2n) is 4.62. The van der Waals surface area contributed by atoms with Gasteiger partial charge in [-0.2, -0.15) is 13.2 Å². The third kappa shape index (κ3) is 4.55. The minimum absolute atomic E-state index is 0.00824. The summed E-state index contributed by atoms with van der Waals surface area (Å²) in [7, 11) is 0. The van der Waals surface area contributed by atoms with Gasteiger partial charge in [-0.1, -0.05) is 13.0 Å². The highest BCUT2D eigenvalue weighted by molar-refractivity contribution is 5.91. The summed E-state index contributed by atoms with van der Waals surface area (Å²) in [5, 5.41) is 2.49. The van der Waals surface area contributed by atoms with Crippen LogP contribution >= 0.6 is 0 Å². The summed E-state index contributed by atoms with van der Waals surface area (Å²) in [6, 6.07) is 3.28. The molecule has 1 amide bonds. The quantitative estimate of drug-likeness (QED) is 0.887. The van der Waals surface area contributed by atoms with Crippen LogP contribution in [-0.4, -0.2) is 12.5 Å². The number of rotatable bonds is 4.